The van der Waals surface area contributed by atoms with E-state index in [-0.39, 0.29) is 5.91 Å². The summed E-state index contributed by atoms with van der Waals surface area (Å²) >= 11 is 3.37. The van der Waals surface area contributed by atoms with E-state index >= 15 is 0 Å². The van der Waals surface area contributed by atoms with E-state index in [4.69, 9.17) is 9.47 Å². The molecule has 2 heterocycles. The zero-order chi connectivity index (χ0) is 16.2. The number of hydrogen-bond acceptors (Lipinski definition) is 5. The summed E-state index contributed by atoms with van der Waals surface area (Å²) in [5, 5.41) is 3.03. The van der Waals surface area contributed by atoms with Gasteiger partial charge in [0.25, 0.3) is 5.91 Å². The highest BCUT2D eigenvalue weighted by Crippen LogP contribution is 2.34. The highest BCUT2D eigenvalue weighted by atomic mass is 32.2. The molecule has 3 rings (SSSR count). The third-order valence-electron chi connectivity index (χ3n) is 3.52. The van der Waals surface area contributed by atoms with Crippen LogP contribution in [-0.4, -0.2) is 37.3 Å². The highest BCUT2D eigenvalue weighted by molar-refractivity contribution is 8.03. The smallest absolute Gasteiger partial charge is 0.258 e. The number of rotatable bonds is 4. The average molecular weight is 347 g/mol. The van der Waals surface area contributed by atoms with Gasteiger partial charge in [-0.25, -0.2) is 0 Å². The van der Waals surface area contributed by atoms with Crippen molar-refractivity contribution in [2.24, 2.45) is 0 Å². The molecule has 0 radical (unpaired) electrons. The number of benzene rings is 1. The Balaban J connectivity index is 1.87. The Labute approximate surface area is 143 Å². The second-order valence-corrected chi connectivity index (χ2v) is 6.97. The minimum atomic E-state index is -0.0150. The number of amides is 1. The predicted molar refractivity (Wildman–Crippen MR) is 95.3 cm³/mol. The molecule has 1 aromatic heterocycles. The van der Waals surface area contributed by atoms with Crippen molar-refractivity contribution >= 4 is 35.1 Å². The van der Waals surface area contributed by atoms with Crippen LogP contribution in [0.25, 0.3) is 6.08 Å². The van der Waals surface area contributed by atoms with Crippen molar-refractivity contribution in [2.75, 3.05) is 26.5 Å². The normalized spacial score (nSPS) is 15.9. The quantitative estimate of drug-likeness (QED) is 0.839. The molecule has 0 bridgehead atoms. The van der Waals surface area contributed by atoms with Crippen LogP contribution in [0.4, 0.5) is 0 Å². The molecule has 0 aliphatic carbocycles. The molecule has 0 spiro atoms. The van der Waals surface area contributed by atoms with Gasteiger partial charge in [-0.1, -0.05) is 6.07 Å². The van der Waals surface area contributed by atoms with Crippen LogP contribution in [-0.2, 0) is 0 Å². The van der Waals surface area contributed by atoms with E-state index < -0.39 is 0 Å². The van der Waals surface area contributed by atoms with Gasteiger partial charge in [-0.05, 0) is 35.7 Å². The van der Waals surface area contributed by atoms with Gasteiger partial charge < -0.3 is 14.4 Å². The first-order valence-corrected chi connectivity index (χ1v) is 9.01. The molecule has 1 aliphatic rings. The van der Waals surface area contributed by atoms with Crippen LogP contribution >= 0.6 is 23.1 Å². The van der Waals surface area contributed by atoms with Crippen molar-refractivity contribution in [1.29, 1.82) is 0 Å². The maximum absolute atomic E-state index is 12.8. The lowest BCUT2D eigenvalue weighted by Gasteiger charge is -2.18. The molecule has 120 valence electrons. The summed E-state index contributed by atoms with van der Waals surface area (Å²) < 4.78 is 10.5. The molecular formula is C17H17NO3S2. The molecule has 0 unspecified atom stereocenters. The first-order chi connectivity index (χ1) is 11.2. The van der Waals surface area contributed by atoms with Crippen LogP contribution < -0.4 is 9.47 Å². The van der Waals surface area contributed by atoms with E-state index in [1.54, 1.807) is 55.5 Å². The van der Waals surface area contributed by atoms with Gasteiger partial charge in [-0.15, -0.1) is 23.1 Å². The molecule has 6 heteroatoms. The molecule has 23 heavy (non-hydrogen) atoms. The number of ether oxygens (including phenoxy) is 2. The lowest BCUT2D eigenvalue weighted by Crippen LogP contribution is -2.26. The third kappa shape index (κ3) is 3.38. The van der Waals surface area contributed by atoms with Gasteiger partial charge in [0.1, 0.15) is 0 Å². The Morgan fingerprint density at radius 3 is 2.74 bits per heavy atom. The van der Waals surface area contributed by atoms with Crippen LogP contribution in [0.1, 0.15) is 15.2 Å². The van der Waals surface area contributed by atoms with Crippen molar-refractivity contribution in [3.05, 3.63) is 51.2 Å². The lowest BCUT2D eigenvalue weighted by molar-refractivity contribution is 0.0830. The van der Waals surface area contributed by atoms with Crippen molar-refractivity contribution in [2.45, 2.75) is 0 Å². The maximum atomic E-state index is 12.8. The number of methoxy groups -OCH3 is 2. The van der Waals surface area contributed by atoms with E-state index in [1.165, 1.54) is 0 Å². The summed E-state index contributed by atoms with van der Waals surface area (Å²) in [6, 6.07) is 9.33. The Morgan fingerprint density at radius 1 is 1.22 bits per heavy atom. The standard InChI is InChI=1S/C17H17NO3S2/c1-20-14-6-5-12(10-15(14)21-2)17(19)18-7-9-23-16(18)11-13-4-3-8-22-13/h3-6,8,10-11H,7,9H2,1-2H3/b16-11+. The zero-order valence-corrected chi connectivity index (χ0v) is 14.6. The van der Waals surface area contributed by atoms with Crippen LogP contribution in [0.5, 0.6) is 11.5 Å². The number of thioether (sulfide) groups is 1. The highest BCUT2D eigenvalue weighted by Gasteiger charge is 2.26. The third-order valence-corrected chi connectivity index (χ3v) is 5.36. The second kappa shape index (κ2) is 7.10. The van der Waals surface area contributed by atoms with Crippen molar-refractivity contribution in [3.8, 4) is 11.5 Å². The summed E-state index contributed by atoms with van der Waals surface area (Å²) in [7, 11) is 3.15. The summed E-state index contributed by atoms with van der Waals surface area (Å²) in [6.07, 6.45) is 2.07. The van der Waals surface area contributed by atoms with Crippen molar-refractivity contribution < 1.29 is 14.3 Å². The molecule has 2 aromatic rings. The molecule has 1 aliphatic heterocycles. The summed E-state index contributed by atoms with van der Waals surface area (Å²) in [6.45, 7) is 0.717. The van der Waals surface area contributed by atoms with Crippen LogP contribution in [0.15, 0.2) is 40.7 Å². The number of carbonyl (C=O) groups excluding carboxylic acids is 1. The van der Waals surface area contributed by atoms with Gasteiger partial charge in [-0.3, -0.25) is 4.79 Å². The average Bonchev–Trinajstić information content (AvgIpc) is 3.26. The Hall–Kier alpha value is -1.92. The van der Waals surface area contributed by atoms with E-state index in [0.29, 0.717) is 17.1 Å². The van der Waals surface area contributed by atoms with Crippen LogP contribution in [0.3, 0.4) is 0 Å². The van der Waals surface area contributed by atoms with Gasteiger partial charge in [0.05, 0.1) is 19.2 Å². The molecule has 4 nitrogen and oxygen atoms in total. The van der Waals surface area contributed by atoms with Crippen molar-refractivity contribution in [3.63, 3.8) is 0 Å². The molecular weight excluding hydrogens is 330 g/mol. The van der Waals surface area contributed by atoms with Crippen LogP contribution in [0, 0.1) is 0 Å². The first kappa shape index (κ1) is 16.0. The number of carbonyl (C=O) groups is 1. The minimum Gasteiger partial charge on any atom is -0.493 e. The number of thiophene rings is 1. The van der Waals surface area contributed by atoms with Crippen molar-refractivity contribution in [1.82, 2.24) is 4.90 Å². The molecule has 1 aromatic carbocycles. The molecule has 1 fully saturated rings. The summed E-state index contributed by atoms with van der Waals surface area (Å²) in [5.74, 6) is 2.08. The van der Waals surface area contributed by atoms with E-state index in [0.717, 1.165) is 22.2 Å². The van der Waals surface area contributed by atoms with Crippen LogP contribution in [0.2, 0.25) is 0 Å². The summed E-state index contributed by atoms with van der Waals surface area (Å²) in [4.78, 5) is 15.8. The number of nitrogens with zero attached hydrogens (tertiary/aromatic N) is 1. The van der Waals surface area contributed by atoms with E-state index in [1.807, 2.05) is 16.3 Å². The van der Waals surface area contributed by atoms with Gasteiger partial charge in [0.15, 0.2) is 11.5 Å². The first-order valence-electron chi connectivity index (χ1n) is 7.15. The molecule has 0 atom stereocenters. The minimum absolute atomic E-state index is 0.0150. The van der Waals surface area contributed by atoms with E-state index in [2.05, 4.69) is 12.1 Å². The molecule has 1 amide bonds. The van der Waals surface area contributed by atoms with Gasteiger partial charge in [0.2, 0.25) is 0 Å². The molecule has 1 saturated heterocycles. The number of hydrogen-bond donors (Lipinski definition) is 0. The fourth-order valence-corrected chi connectivity index (χ4v) is 4.12. The monoisotopic (exact) mass is 347 g/mol. The lowest BCUT2D eigenvalue weighted by atomic mass is 10.1. The van der Waals surface area contributed by atoms with E-state index in [9.17, 15) is 4.79 Å². The second-order valence-electron chi connectivity index (χ2n) is 4.87. The van der Waals surface area contributed by atoms with Gasteiger partial charge in [0, 0.05) is 22.7 Å². The SMILES string of the molecule is COc1ccc(C(=O)N2CCS/C2=C/c2cccs2)cc1OC. The molecule has 0 N–H and O–H groups in total. The van der Waals surface area contributed by atoms with Gasteiger partial charge >= 0.3 is 0 Å². The maximum Gasteiger partial charge on any atom is 0.258 e. The Kier molecular flexibility index (Phi) is 4.93. The fraction of sp³-hybridized carbons (Fsp3) is 0.235. The zero-order valence-electron chi connectivity index (χ0n) is 12.9. The predicted octanol–water partition coefficient (Wildman–Crippen LogP) is 3.95. The van der Waals surface area contributed by atoms with Gasteiger partial charge in [-0.2, -0.15) is 0 Å². The topological polar surface area (TPSA) is 38.8 Å². The Morgan fingerprint density at radius 2 is 2.04 bits per heavy atom. The molecule has 0 saturated carbocycles. The largest absolute Gasteiger partial charge is 0.493 e. The Bertz CT molecular complexity index is 725. The fourth-order valence-electron chi connectivity index (χ4n) is 2.37. The summed E-state index contributed by atoms with van der Waals surface area (Å²) in [5.41, 5.74) is 0.599.